The summed E-state index contributed by atoms with van der Waals surface area (Å²) in [5.74, 6) is 0.0216. The molecule has 118 valence electrons. The summed E-state index contributed by atoms with van der Waals surface area (Å²) in [6.45, 7) is 3.06. The first-order chi connectivity index (χ1) is 10.5. The first kappa shape index (κ1) is 16.0. The van der Waals surface area contributed by atoms with Crippen molar-refractivity contribution in [3.8, 4) is 0 Å². The van der Waals surface area contributed by atoms with Crippen molar-refractivity contribution in [1.29, 1.82) is 0 Å². The summed E-state index contributed by atoms with van der Waals surface area (Å²) in [5, 5.41) is 5.95. The van der Waals surface area contributed by atoms with E-state index in [4.69, 9.17) is 5.73 Å². The van der Waals surface area contributed by atoms with Crippen LogP contribution in [-0.4, -0.2) is 28.8 Å². The van der Waals surface area contributed by atoms with Gasteiger partial charge in [0.05, 0.1) is 17.3 Å². The average molecular weight is 304 g/mol. The minimum atomic E-state index is -0.340. The van der Waals surface area contributed by atoms with Crippen molar-refractivity contribution in [2.45, 2.75) is 19.9 Å². The predicted octanol–water partition coefficient (Wildman–Crippen LogP) is -0.209. The van der Waals surface area contributed by atoms with E-state index in [0.29, 0.717) is 23.9 Å². The van der Waals surface area contributed by atoms with Crippen LogP contribution in [0.3, 0.4) is 0 Å². The Morgan fingerprint density at radius 1 is 1.32 bits per heavy atom. The third kappa shape index (κ3) is 3.62. The molecular formula is C15H20N4O3. The molecule has 0 bridgehead atoms. The first-order valence-corrected chi connectivity index (χ1v) is 7.21. The van der Waals surface area contributed by atoms with Crippen molar-refractivity contribution >= 4 is 16.7 Å². The smallest absolute Gasteiger partial charge is 0.273 e. The molecule has 0 spiro atoms. The van der Waals surface area contributed by atoms with Crippen LogP contribution < -0.4 is 22.2 Å². The summed E-state index contributed by atoms with van der Waals surface area (Å²) >= 11 is 0. The van der Waals surface area contributed by atoms with Crippen molar-refractivity contribution < 1.29 is 4.79 Å². The van der Waals surface area contributed by atoms with Crippen LogP contribution in [-0.2, 0) is 11.3 Å². The molecule has 0 saturated carbocycles. The highest BCUT2D eigenvalue weighted by Gasteiger charge is 2.09. The maximum Gasteiger partial charge on any atom is 0.273 e. The highest BCUT2D eigenvalue weighted by Crippen LogP contribution is 2.02. The van der Waals surface area contributed by atoms with Crippen LogP contribution in [0.2, 0.25) is 0 Å². The largest absolute Gasteiger partial charge is 0.356 e. The van der Waals surface area contributed by atoms with Gasteiger partial charge >= 0.3 is 0 Å². The van der Waals surface area contributed by atoms with Crippen molar-refractivity contribution in [3.05, 3.63) is 45.0 Å². The molecule has 0 saturated heterocycles. The molecule has 0 aliphatic heterocycles. The van der Waals surface area contributed by atoms with Gasteiger partial charge in [-0.15, -0.1) is 0 Å². The number of nitrogens with one attached hydrogen (secondary N) is 2. The van der Waals surface area contributed by atoms with Crippen LogP contribution in [0.1, 0.15) is 13.3 Å². The van der Waals surface area contributed by atoms with Gasteiger partial charge in [0.1, 0.15) is 0 Å². The number of aromatic amines is 1. The molecule has 2 aromatic rings. The molecule has 7 nitrogen and oxygen atoms in total. The molecule has 1 aromatic carbocycles. The highest BCUT2D eigenvalue weighted by molar-refractivity contribution is 5.80. The Morgan fingerprint density at radius 3 is 2.68 bits per heavy atom. The number of carbonyl (C=O) groups excluding carboxylic acids is 1. The van der Waals surface area contributed by atoms with E-state index in [0.717, 1.165) is 0 Å². The molecule has 7 heteroatoms. The van der Waals surface area contributed by atoms with Gasteiger partial charge in [-0.25, -0.2) is 4.68 Å². The molecule has 1 amide bonds. The lowest BCUT2D eigenvalue weighted by Gasteiger charge is -2.11. The Balaban J connectivity index is 2.09. The number of amides is 1. The fourth-order valence-electron chi connectivity index (χ4n) is 2.08. The Labute approximate surface area is 127 Å². The molecule has 1 heterocycles. The average Bonchev–Trinajstić information content (AvgIpc) is 2.54. The minimum Gasteiger partial charge on any atom is -0.356 e. The van der Waals surface area contributed by atoms with Crippen LogP contribution in [0.5, 0.6) is 0 Å². The Morgan fingerprint density at radius 2 is 2.00 bits per heavy atom. The maximum atomic E-state index is 12.3. The first-order valence-electron chi connectivity index (χ1n) is 7.21. The number of hydrogen-bond donors (Lipinski definition) is 3. The molecule has 0 radical (unpaired) electrons. The third-order valence-electron chi connectivity index (χ3n) is 3.50. The molecule has 1 unspecified atom stereocenters. The zero-order chi connectivity index (χ0) is 16.1. The Bertz CT molecular complexity index is 778. The maximum absolute atomic E-state index is 12.3. The molecule has 22 heavy (non-hydrogen) atoms. The molecule has 1 aromatic heterocycles. The minimum absolute atomic E-state index is 0.117. The second-order valence-corrected chi connectivity index (χ2v) is 5.34. The van der Waals surface area contributed by atoms with Gasteiger partial charge in [0.15, 0.2) is 0 Å². The fourth-order valence-corrected chi connectivity index (χ4v) is 2.08. The number of benzene rings is 1. The van der Waals surface area contributed by atoms with E-state index in [9.17, 15) is 14.4 Å². The van der Waals surface area contributed by atoms with E-state index in [1.54, 1.807) is 24.3 Å². The van der Waals surface area contributed by atoms with Crippen molar-refractivity contribution in [3.63, 3.8) is 0 Å². The third-order valence-corrected chi connectivity index (χ3v) is 3.50. The lowest BCUT2D eigenvalue weighted by atomic mass is 10.2. The van der Waals surface area contributed by atoms with Crippen LogP contribution in [0.4, 0.5) is 0 Å². The Hall–Kier alpha value is -2.41. The number of aryl methyl sites for hydroxylation is 1. The highest BCUT2D eigenvalue weighted by atomic mass is 16.2. The van der Waals surface area contributed by atoms with Crippen LogP contribution in [0.15, 0.2) is 33.9 Å². The van der Waals surface area contributed by atoms with E-state index in [2.05, 4.69) is 10.4 Å². The SMILES string of the molecule is CC(CN)CNC(=O)CCn1[nH]c(=O)c2ccccc2c1=O. The predicted molar refractivity (Wildman–Crippen MR) is 84.7 cm³/mol. The number of H-pyrrole nitrogens is 1. The zero-order valence-corrected chi connectivity index (χ0v) is 12.5. The summed E-state index contributed by atoms with van der Waals surface area (Å²) in [6, 6.07) is 6.61. The lowest BCUT2D eigenvalue weighted by molar-refractivity contribution is -0.121. The summed E-state index contributed by atoms with van der Waals surface area (Å²) in [7, 11) is 0. The summed E-state index contributed by atoms with van der Waals surface area (Å²) in [5.41, 5.74) is 4.83. The van der Waals surface area contributed by atoms with Gasteiger partial charge < -0.3 is 11.1 Å². The number of carbonyl (C=O) groups is 1. The molecule has 0 aliphatic rings. The van der Waals surface area contributed by atoms with Crippen molar-refractivity contribution in [2.75, 3.05) is 13.1 Å². The van der Waals surface area contributed by atoms with Crippen LogP contribution in [0, 0.1) is 5.92 Å². The second kappa shape index (κ2) is 7.04. The second-order valence-electron chi connectivity index (χ2n) is 5.34. The van der Waals surface area contributed by atoms with E-state index in [1.807, 2.05) is 6.92 Å². The number of fused-ring (bicyclic) bond motifs is 1. The van der Waals surface area contributed by atoms with E-state index < -0.39 is 0 Å². The summed E-state index contributed by atoms with van der Waals surface area (Å²) in [4.78, 5) is 35.9. The standard InChI is InChI=1S/C15H20N4O3/c1-10(8-16)9-17-13(20)6-7-19-15(22)12-5-3-2-4-11(12)14(21)18-19/h2-5,10H,6-9,16H2,1H3,(H,17,20)(H,18,21). The van der Waals surface area contributed by atoms with Gasteiger partial charge in [-0.2, -0.15) is 0 Å². The topological polar surface area (TPSA) is 110 Å². The van der Waals surface area contributed by atoms with Gasteiger partial charge in [0.25, 0.3) is 11.1 Å². The number of aromatic nitrogens is 2. The van der Waals surface area contributed by atoms with E-state index in [-0.39, 0.29) is 35.9 Å². The van der Waals surface area contributed by atoms with Gasteiger partial charge in [-0.1, -0.05) is 19.1 Å². The van der Waals surface area contributed by atoms with Crippen LogP contribution in [0.25, 0.3) is 10.8 Å². The Kier molecular flexibility index (Phi) is 5.11. The normalized spacial score (nSPS) is 12.3. The molecule has 4 N–H and O–H groups in total. The monoisotopic (exact) mass is 304 g/mol. The van der Waals surface area contributed by atoms with Gasteiger partial charge in [0.2, 0.25) is 5.91 Å². The zero-order valence-electron chi connectivity index (χ0n) is 12.5. The molecule has 0 aliphatic carbocycles. The quantitative estimate of drug-likeness (QED) is 0.686. The van der Waals surface area contributed by atoms with Crippen molar-refractivity contribution in [2.24, 2.45) is 11.7 Å². The van der Waals surface area contributed by atoms with Gasteiger partial charge in [-0.05, 0) is 24.6 Å². The number of hydrogen-bond acceptors (Lipinski definition) is 4. The summed E-state index contributed by atoms with van der Waals surface area (Å²) in [6.07, 6.45) is 0.117. The number of nitrogens with two attached hydrogens (primary N) is 1. The van der Waals surface area contributed by atoms with Crippen LogP contribution >= 0.6 is 0 Å². The molecule has 2 rings (SSSR count). The van der Waals surface area contributed by atoms with E-state index in [1.165, 1.54) is 4.68 Å². The fraction of sp³-hybridized carbons (Fsp3) is 0.400. The van der Waals surface area contributed by atoms with Gasteiger partial charge in [0, 0.05) is 13.0 Å². The van der Waals surface area contributed by atoms with E-state index >= 15 is 0 Å². The number of rotatable bonds is 6. The molecule has 1 atom stereocenters. The van der Waals surface area contributed by atoms with Gasteiger partial charge in [-0.3, -0.25) is 19.5 Å². The summed E-state index contributed by atoms with van der Waals surface area (Å²) < 4.78 is 1.18. The lowest BCUT2D eigenvalue weighted by Crippen LogP contribution is -2.34. The number of nitrogens with zero attached hydrogens (tertiary/aromatic N) is 1. The van der Waals surface area contributed by atoms with Crippen molar-refractivity contribution in [1.82, 2.24) is 15.1 Å². The molecule has 0 fully saturated rings. The molecular weight excluding hydrogens is 284 g/mol.